The van der Waals surface area contributed by atoms with Crippen LogP contribution in [0.4, 0.5) is 22.0 Å². The molecule has 0 aliphatic rings. The molecular weight excluding hydrogens is 419 g/mol. The molecule has 1 atom stereocenters. The van der Waals surface area contributed by atoms with Crippen molar-refractivity contribution in [2.24, 2.45) is 0 Å². The fourth-order valence-electron chi connectivity index (χ4n) is 2.42. The highest BCUT2D eigenvalue weighted by atomic mass is 32.2. The van der Waals surface area contributed by atoms with Gasteiger partial charge < -0.3 is 4.90 Å². The highest BCUT2D eigenvalue weighted by Crippen LogP contribution is 2.30. The Hall–Kier alpha value is -2.53. The smallest absolute Gasteiger partial charge is 0.338 e. The minimum Gasteiger partial charge on any atom is -0.338 e. The minimum absolute atomic E-state index is 0.278. The quantitative estimate of drug-likeness (QED) is 0.706. The number of rotatable bonds is 6. The van der Waals surface area contributed by atoms with E-state index in [4.69, 9.17) is 0 Å². The number of nitrogens with one attached hydrogen (secondary N) is 1. The minimum atomic E-state index is -4.72. The average Bonchev–Trinajstić information content (AvgIpc) is 2.66. The first-order valence-corrected chi connectivity index (χ1v) is 9.69. The molecule has 0 radical (unpaired) electrons. The lowest BCUT2D eigenvalue weighted by Gasteiger charge is -2.25. The van der Waals surface area contributed by atoms with E-state index >= 15 is 0 Å². The summed E-state index contributed by atoms with van der Waals surface area (Å²) in [4.78, 5) is 12.7. The lowest BCUT2D eigenvalue weighted by atomic mass is 10.1. The summed E-state index contributed by atoms with van der Waals surface area (Å²) >= 11 is 0. The Labute approximate surface area is 164 Å². The normalized spacial score (nSPS) is 13.2. The van der Waals surface area contributed by atoms with Crippen LogP contribution in [0.25, 0.3) is 0 Å². The second kappa shape index (κ2) is 8.46. The van der Waals surface area contributed by atoms with Crippen molar-refractivity contribution in [3.8, 4) is 0 Å². The fraction of sp³-hybridized carbons (Fsp3) is 0.278. The van der Waals surface area contributed by atoms with E-state index in [0.717, 1.165) is 35.2 Å². The largest absolute Gasteiger partial charge is 0.416 e. The predicted octanol–water partition coefficient (Wildman–Crippen LogP) is 3.48. The van der Waals surface area contributed by atoms with Gasteiger partial charge in [0.1, 0.15) is 0 Å². The maximum Gasteiger partial charge on any atom is 0.416 e. The van der Waals surface area contributed by atoms with E-state index in [2.05, 4.69) is 0 Å². The Morgan fingerprint density at radius 3 is 2.34 bits per heavy atom. The molecule has 2 aromatic carbocycles. The van der Waals surface area contributed by atoms with Crippen molar-refractivity contribution in [1.29, 1.82) is 0 Å². The molecule has 5 nitrogen and oxygen atoms in total. The number of hydrogen-bond acceptors (Lipinski definition) is 3. The van der Waals surface area contributed by atoms with Crippen molar-refractivity contribution < 1.29 is 35.2 Å². The van der Waals surface area contributed by atoms with Gasteiger partial charge in [0.25, 0.3) is 0 Å². The van der Waals surface area contributed by atoms with Gasteiger partial charge in [0.15, 0.2) is 11.6 Å². The molecule has 0 saturated carbocycles. The summed E-state index contributed by atoms with van der Waals surface area (Å²) in [5, 5.41) is 0. The third-order valence-electron chi connectivity index (χ3n) is 4.29. The van der Waals surface area contributed by atoms with Gasteiger partial charge in [-0.1, -0.05) is 12.1 Å². The zero-order chi connectivity index (χ0) is 22.0. The first-order valence-electron chi connectivity index (χ1n) is 8.20. The molecule has 0 aromatic heterocycles. The van der Waals surface area contributed by atoms with Crippen LogP contribution in [-0.4, -0.2) is 32.8 Å². The molecular formula is C18H17F5N2O3S. The van der Waals surface area contributed by atoms with E-state index in [-0.39, 0.29) is 5.56 Å². The second-order valence-corrected chi connectivity index (χ2v) is 7.97. The third kappa shape index (κ3) is 5.51. The van der Waals surface area contributed by atoms with E-state index in [9.17, 15) is 35.2 Å². The van der Waals surface area contributed by atoms with Crippen LogP contribution in [0.1, 0.15) is 24.1 Å². The van der Waals surface area contributed by atoms with Crippen LogP contribution in [0.3, 0.4) is 0 Å². The number of nitrogens with zero attached hydrogens (tertiary/aromatic N) is 1. The first kappa shape index (κ1) is 22.8. The number of carbonyl (C=O) groups is 1. The van der Waals surface area contributed by atoms with E-state index in [1.807, 2.05) is 4.72 Å². The van der Waals surface area contributed by atoms with Gasteiger partial charge in [-0.2, -0.15) is 13.2 Å². The molecule has 1 unspecified atom stereocenters. The van der Waals surface area contributed by atoms with Crippen LogP contribution in [0, 0.1) is 11.6 Å². The number of benzene rings is 2. The summed E-state index contributed by atoms with van der Waals surface area (Å²) in [5.41, 5.74) is -0.865. The molecule has 0 spiro atoms. The number of halogens is 5. The molecule has 1 amide bonds. The first-order chi connectivity index (χ1) is 13.3. The Balaban J connectivity index is 2.09. The Morgan fingerprint density at radius 2 is 1.76 bits per heavy atom. The molecule has 2 rings (SSSR count). The van der Waals surface area contributed by atoms with Gasteiger partial charge >= 0.3 is 6.18 Å². The van der Waals surface area contributed by atoms with Crippen LogP contribution < -0.4 is 4.72 Å². The Kier molecular flexibility index (Phi) is 6.63. The van der Waals surface area contributed by atoms with Crippen LogP contribution in [0.15, 0.2) is 47.4 Å². The second-order valence-electron chi connectivity index (χ2n) is 6.20. The molecule has 11 heteroatoms. The van der Waals surface area contributed by atoms with Crippen molar-refractivity contribution >= 4 is 15.9 Å². The van der Waals surface area contributed by atoms with E-state index < -0.39 is 56.8 Å². The molecule has 0 heterocycles. The summed E-state index contributed by atoms with van der Waals surface area (Å²) in [5.74, 6) is -2.87. The summed E-state index contributed by atoms with van der Waals surface area (Å²) in [6.07, 6.45) is -4.72. The van der Waals surface area contributed by atoms with Crippen LogP contribution in [0.2, 0.25) is 0 Å². The SMILES string of the molecule is CC(c1ccc(F)c(F)c1)N(C)C(=O)CNS(=O)(=O)c1cccc(C(F)(F)F)c1. The molecule has 0 aliphatic carbocycles. The van der Waals surface area contributed by atoms with Gasteiger partial charge in [-0.25, -0.2) is 21.9 Å². The number of alkyl halides is 3. The van der Waals surface area contributed by atoms with Gasteiger partial charge in [0.2, 0.25) is 15.9 Å². The Bertz CT molecular complexity index is 1010. The zero-order valence-corrected chi connectivity index (χ0v) is 16.1. The van der Waals surface area contributed by atoms with Crippen molar-refractivity contribution in [1.82, 2.24) is 9.62 Å². The number of hydrogen-bond donors (Lipinski definition) is 1. The van der Waals surface area contributed by atoms with E-state index in [1.54, 1.807) is 0 Å². The summed E-state index contributed by atoms with van der Waals surface area (Å²) in [7, 11) is -3.06. The van der Waals surface area contributed by atoms with Crippen LogP contribution in [-0.2, 0) is 21.0 Å². The molecule has 0 aliphatic heterocycles. The highest BCUT2D eigenvalue weighted by Gasteiger charge is 2.32. The molecule has 0 fully saturated rings. The zero-order valence-electron chi connectivity index (χ0n) is 15.3. The monoisotopic (exact) mass is 436 g/mol. The van der Waals surface area contributed by atoms with Gasteiger partial charge in [0.05, 0.1) is 23.0 Å². The maximum absolute atomic E-state index is 13.4. The van der Waals surface area contributed by atoms with Crippen molar-refractivity contribution in [3.05, 3.63) is 65.2 Å². The lowest BCUT2D eigenvalue weighted by molar-refractivity contribution is -0.137. The number of amides is 1. The summed E-state index contributed by atoms with van der Waals surface area (Å²) in [6.45, 7) is 0.787. The van der Waals surface area contributed by atoms with Gasteiger partial charge in [0, 0.05) is 7.05 Å². The maximum atomic E-state index is 13.4. The highest BCUT2D eigenvalue weighted by molar-refractivity contribution is 7.89. The average molecular weight is 436 g/mol. The number of sulfonamides is 1. The molecule has 2 aromatic rings. The van der Waals surface area contributed by atoms with Crippen molar-refractivity contribution in [2.45, 2.75) is 24.0 Å². The van der Waals surface area contributed by atoms with Crippen molar-refractivity contribution in [2.75, 3.05) is 13.6 Å². The topological polar surface area (TPSA) is 66.5 Å². The van der Waals surface area contributed by atoms with Gasteiger partial charge in [-0.05, 0) is 42.8 Å². The standard InChI is InChI=1S/C18H17F5N2O3S/c1-11(12-6-7-15(19)16(20)8-12)25(2)17(26)10-24-29(27,28)14-5-3-4-13(9-14)18(21,22)23/h3-9,11,24H,10H2,1-2H3. The predicted molar refractivity (Wildman–Crippen MR) is 94.2 cm³/mol. The number of carbonyl (C=O) groups excluding carboxylic acids is 1. The Morgan fingerprint density at radius 1 is 1.10 bits per heavy atom. The molecule has 0 saturated heterocycles. The fourth-order valence-corrected chi connectivity index (χ4v) is 3.44. The van der Waals surface area contributed by atoms with Gasteiger partial charge in [-0.3, -0.25) is 4.79 Å². The molecule has 158 valence electrons. The number of likely N-dealkylation sites (N-methyl/N-ethyl adjacent to an activating group) is 1. The van der Waals surface area contributed by atoms with Gasteiger partial charge in [-0.15, -0.1) is 0 Å². The summed E-state index contributed by atoms with van der Waals surface area (Å²) in [6, 6.07) is 5.47. The summed E-state index contributed by atoms with van der Waals surface area (Å²) < 4.78 is 91.0. The van der Waals surface area contributed by atoms with E-state index in [1.165, 1.54) is 20.0 Å². The van der Waals surface area contributed by atoms with Crippen LogP contribution >= 0.6 is 0 Å². The third-order valence-corrected chi connectivity index (χ3v) is 5.68. The molecule has 29 heavy (non-hydrogen) atoms. The lowest BCUT2D eigenvalue weighted by Crippen LogP contribution is -2.39. The van der Waals surface area contributed by atoms with E-state index in [0.29, 0.717) is 6.07 Å². The van der Waals surface area contributed by atoms with Crippen molar-refractivity contribution in [3.63, 3.8) is 0 Å². The molecule has 0 bridgehead atoms. The van der Waals surface area contributed by atoms with Crippen LogP contribution in [0.5, 0.6) is 0 Å². The molecule has 1 N–H and O–H groups in total.